The molecule has 1 aromatic rings. The number of anilines is 1. The van der Waals surface area contributed by atoms with E-state index < -0.39 is 10.0 Å². The number of hydrogen-bond acceptors (Lipinski definition) is 4. The zero-order chi connectivity index (χ0) is 13.5. The summed E-state index contributed by atoms with van der Waals surface area (Å²) in [7, 11) is -3.48. The smallest absolute Gasteiger partial charge is 0.245 e. The van der Waals surface area contributed by atoms with Gasteiger partial charge in [-0.15, -0.1) is 0 Å². The third-order valence-corrected chi connectivity index (χ3v) is 6.04. The molecule has 0 saturated carbocycles. The Morgan fingerprint density at radius 2 is 2.05 bits per heavy atom. The highest BCUT2D eigenvalue weighted by Gasteiger charge is 2.45. The summed E-state index contributed by atoms with van der Waals surface area (Å²) in [5.74, 6) is 0. The van der Waals surface area contributed by atoms with E-state index in [4.69, 9.17) is 10.5 Å². The molecule has 2 fully saturated rings. The number of para-hydroxylation sites is 1. The van der Waals surface area contributed by atoms with Gasteiger partial charge >= 0.3 is 0 Å². The van der Waals surface area contributed by atoms with Crippen molar-refractivity contribution in [1.29, 1.82) is 0 Å². The van der Waals surface area contributed by atoms with E-state index in [0.29, 0.717) is 25.4 Å². The predicted octanol–water partition coefficient (Wildman–Crippen LogP) is 1.07. The highest BCUT2D eigenvalue weighted by atomic mass is 32.2. The quantitative estimate of drug-likeness (QED) is 0.824. The van der Waals surface area contributed by atoms with Crippen LogP contribution in [-0.2, 0) is 14.8 Å². The van der Waals surface area contributed by atoms with Gasteiger partial charge < -0.3 is 10.5 Å². The zero-order valence-corrected chi connectivity index (χ0v) is 11.5. The summed E-state index contributed by atoms with van der Waals surface area (Å²) >= 11 is 0. The monoisotopic (exact) mass is 282 g/mol. The van der Waals surface area contributed by atoms with Gasteiger partial charge in [0.05, 0.1) is 12.3 Å². The Kier molecular flexibility index (Phi) is 3.03. The molecule has 5 nitrogen and oxygen atoms in total. The summed E-state index contributed by atoms with van der Waals surface area (Å²) in [6.45, 7) is 2.51. The fraction of sp³-hybridized carbons (Fsp3) is 0.538. The van der Waals surface area contributed by atoms with Crippen molar-refractivity contribution in [3.63, 3.8) is 0 Å². The highest BCUT2D eigenvalue weighted by molar-refractivity contribution is 7.89. The minimum Gasteiger partial charge on any atom is -0.398 e. The van der Waals surface area contributed by atoms with E-state index in [1.54, 1.807) is 28.6 Å². The summed E-state index contributed by atoms with van der Waals surface area (Å²) in [6.07, 6.45) is 1.82. The largest absolute Gasteiger partial charge is 0.398 e. The Hall–Kier alpha value is -1.11. The van der Waals surface area contributed by atoms with Gasteiger partial charge in [-0.25, -0.2) is 8.42 Å². The number of sulfonamides is 1. The maximum atomic E-state index is 12.6. The highest BCUT2D eigenvalue weighted by Crippen LogP contribution is 2.40. The van der Waals surface area contributed by atoms with E-state index in [1.807, 2.05) is 0 Å². The Morgan fingerprint density at radius 3 is 2.74 bits per heavy atom. The standard InChI is InChI=1S/C13H18N2O3S/c14-11-3-1-2-4-12(11)19(16,17)15-7-5-13(9-15)6-8-18-10-13/h1-4H,5-10,14H2. The lowest BCUT2D eigenvalue weighted by Crippen LogP contribution is -2.32. The average molecular weight is 282 g/mol. The molecule has 2 aliphatic rings. The fourth-order valence-electron chi connectivity index (χ4n) is 2.93. The molecule has 104 valence electrons. The first-order valence-corrected chi connectivity index (χ1v) is 7.90. The molecule has 3 rings (SSSR count). The number of nitrogens with zero attached hydrogens (tertiary/aromatic N) is 1. The second kappa shape index (κ2) is 4.47. The number of ether oxygens (including phenoxy) is 1. The van der Waals surface area contributed by atoms with Crippen molar-refractivity contribution in [2.24, 2.45) is 5.41 Å². The second-order valence-corrected chi connectivity index (χ2v) is 7.34. The molecule has 0 aromatic heterocycles. The van der Waals surface area contributed by atoms with E-state index in [1.165, 1.54) is 0 Å². The molecule has 2 saturated heterocycles. The first-order chi connectivity index (χ1) is 9.04. The van der Waals surface area contributed by atoms with Crippen LogP contribution in [0.25, 0.3) is 0 Å². The van der Waals surface area contributed by atoms with E-state index in [0.717, 1.165) is 19.4 Å². The molecule has 0 bridgehead atoms. The topological polar surface area (TPSA) is 72.6 Å². The number of benzene rings is 1. The van der Waals surface area contributed by atoms with Crippen LogP contribution in [-0.4, -0.2) is 39.0 Å². The van der Waals surface area contributed by atoms with Crippen molar-refractivity contribution in [1.82, 2.24) is 4.31 Å². The van der Waals surface area contributed by atoms with Crippen LogP contribution in [0.5, 0.6) is 0 Å². The van der Waals surface area contributed by atoms with Crippen molar-refractivity contribution < 1.29 is 13.2 Å². The van der Waals surface area contributed by atoms with Gasteiger partial charge in [-0.3, -0.25) is 0 Å². The summed E-state index contributed by atoms with van der Waals surface area (Å²) in [4.78, 5) is 0.214. The third kappa shape index (κ3) is 2.13. The summed E-state index contributed by atoms with van der Waals surface area (Å²) < 4.78 is 32.2. The second-order valence-electron chi connectivity index (χ2n) is 5.43. The molecule has 1 spiro atoms. The number of nitrogen functional groups attached to an aromatic ring is 1. The fourth-order valence-corrected chi connectivity index (χ4v) is 4.60. The molecule has 6 heteroatoms. The van der Waals surface area contributed by atoms with Crippen molar-refractivity contribution >= 4 is 15.7 Å². The molecule has 0 amide bonds. The minimum atomic E-state index is -3.48. The lowest BCUT2D eigenvalue weighted by Gasteiger charge is -2.22. The van der Waals surface area contributed by atoms with Gasteiger partial charge in [-0.1, -0.05) is 12.1 Å². The molecule has 2 heterocycles. The van der Waals surface area contributed by atoms with Crippen molar-refractivity contribution in [3.8, 4) is 0 Å². The normalized spacial score (nSPS) is 28.2. The minimum absolute atomic E-state index is 0.0244. The lowest BCUT2D eigenvalue weighted by atomic mass is 9.87. The molecule has 2 aliphatic heterocycles. The van der Waals surface area contributed by atoms with E-state index in [-0.39, 0.29) is 10.3 Å². The van der Waals surface area contributed by atoms with Crippen LogP contribution in [0, 0.1) is 5.41 Å². The third-order valence-electron chi connectivity index (χ3n) is 4.13. The molecule has 1 atom stereocenters. The SMILES string of the molecule is Nc1ccccc1S(=O)(=O)N1CCC2(CCOC2)C1. The molecule has 2 N–H and O–H groups in total. The maximum Gasteiger partial charge on any atom is 0.245 e. The van der Waals surface area contributed by atoms with Gasteiger partial charge in [-0.2, -0.15) is 4.31 Å². The molecule has 1 aromatic carbocycles. The van der Waals surface area contributed by atoms with E-state index in [2.05, 4.69) is 0 Å². The van der Waals surface area contributed by atoms with Crippen LogP contribution in [0.1, 0.15) is 12.8 Å². The van der Waals surface area contributed by atoms with Crippen LogP contribution in [0.15, 0.2) is 29.2 Å². The molecule has 0 aliphatic carbocycles. The van der Waals surface area contributed by atoms with Gasteiger partial charge in [-0.05, 0) is 25.0 Å². The Bertz CT molecular complexity index is 579. The van der Waals surface area contributed by atoms with E-state index in [9.17, 15) is 8.42 Å². The first kappa shape index (κ1) is 12.9. The van der Waals surface area contributed by atoms with Crippen LogP contribution in [0.3, 0.4) is 0 Å². The van der Waals surface area contributed by atoms with Gasteiger partial charge in [0, 0.05) is 25.1 Å². The van der Waals surface area contributed by atoms with Gasteiger partial charge in [0.15, 0.2) is 0 Å². The van der Waals surface area contributed by atoms with Crippen molar-refractivity contribution in [3.05, 3.63) is 24.3 Å². The average Bonchev–Trinajstić information content (AvgIpc) is 3.01. The van der Waals surface area contributed by atoms with Crippen molar-refractivity contribution in [2.75, 3.05) is 32.0 Å². The molecular weight excluding hydrogens is 264 g/mol. The summed E-state index contributed by atoms with van der Waals surface area (Å²) in [6, 6.07) is 6.64. The van der Waals surface area contributed by atoms with Gasteiger partial charge in [0.25, 0.3) is 0 Å². The lowest BCUT2D eigenvalue weighted by molar-refractivity contribution is 0.157. The number of hydrogen-bond donors (Lipinski definition) is 1. The molecule has 1 unspecified atom stereocenters. The summed E-state index contributed by atoms with van der Waals surface area (Å²) in [5, 5.41) is 0. The van der Waals surface area contributed by atoms with Gasteiger partial charge in [0.2, 0.25) is 10.0 Å². The van der Waals surface area contributed by atoms with E-state index >= 15 is 0 Å². The number of rotatable bonds is 2. The van der Waals surface area contributed by atoms with Crippen LogP contribution in [0.4, 0.5) is 5.69 Å². The van der Waals surface area contributed by atoms with Gasteiger partial charge in [0.1, 0.15) is 4.90 Å². The number of nitrogens with two attached hydrogens (primary N) is 1. The first-order valence-electron chi connectivity index (χ1n) is 6.46. The molecule has 19 heavy (non-hydrogen) atoms. The molecule has 0 radical (unpaired) electrons. The zero-order valence-electron chi connectivity index (χ0n) is 10.7. The Labute approximate surface area is 113 Å². The Balaban J connectivity index is 1.88. The summed E-state index contributed by atoms with van der Waals surface area (Å²) in [5.41, 5.74) is 6.12. The maximum absolute atomic E-state index is 12.6. The predicted molar refractivity (Wildman–Crippen MR) is 72.1 cm³/mol. The van der Waals surface area contributed by atoms with Crippen LogP contribution >= 0.6 is 0 Å². The molecular formula is C13H18N2O3S. The van der Waals surface area contributed by atoms with Crippen LogP contribution < -0.4 is 5.73 Å². The van der Waals surface area contributed by atoms with Crippen molar-refractivity contribution in [2.45, 2.75) is 17.7 Å². The Morgan fingerprint density at radius 1 is 1.26 bits per heavy atom. The van der Waals surface area contributed by atoms with Crippen LogP contribution in [0.2, 0.25) is 0 Å².